The summed E-state index contributed by atoms with van der Waals surface area (Å²) in [5, 5.41) is 8.24. The fourth-order valence-electron chi connectivity index (χ4n) is 4.30. The third-order valence-corrected chi connectivity index (χ3v) is 6.11. The van der Waals surface area contributed by atoms with Crippen molar-refractivity contribution in [2.75, 3.05) is 13.2 Å². The lowest BCUT2D eigenvalue weighted by atomic mass is 10.0. The number of piperidine rings is 1. The lowest BCUT2D eigenvalue weighted by Crippen LogP contribution is -2.48. The Balaban J connectivity index is 1.39. The van der Waals surface area contributed by atoms with Gasteiger partial charge in [0.2, 0.25) is 5.88 Å². The number of halogens is 3. The van der Waals surface area contributed by atoms with Gasteiger partial charge in [0.05, 0.1) is 24.0 Å². The first-order valence-corrected chi connectivity index (χ1v) is 10.6. The zero-order chi connectivity index (χ0) is 23.2. The summed E-state index contributed by atoms with van der Waals surface area (Å²) in [4.78, 5) is 25.0. The summed E-state index contributed by atoms with van der Waals surface area (Å²) < 4.78 is 44.7. The minimum absolute atomic E-state index is 0.0461. The Morgan fingerprint density at radius 2 is 1.91 bits per heavy atom. The van der Waals surface area contributed by atoms with E-state index in [0.717, 1.165) is 31.2 Å². The number of amides is 1. The predicted molar refractivity (Wildman–Crippen MR) is 110 cm³/mol. The average molecular weight is 458 g/mol. The van der Waals surface area contributed by atoms with E-state index in [0.29, 0.717) is 29.8 Å². The molecule has 11 heteroatoms. The molecule has 2 fully saturated rings. The van der Waals surface area contributed by atoms with Gasteiger partial charge in [0.15, 0.2) is 5.69 Å². The van der Waals surface area contributed by atoms with Crippen LogP contribution < -0.4 is 4.74 Å². The number of nitrogens with zero attached hydrogens (tertiary/aromatic N) is 6. The van der Waals surface area contributed by atoms with Gasteiger partial charge in [-0.2, -0.15) is 23.4 Å². The highest BCUT2D eigenvalue weighted by Gasteiger charge is 2.48. The zero-order valence-electron chi connectivity index (χ0n) is 17.7. The highest BCUT2D eigenvalue weighted by atomic mass is 19.4. The number of alkyl halides is 3. The van der Waals surface area contributed by atoms with Crippen LogP contribution in [0.2, 0.25) is 0 Å². The molecule has 0 aromatic carbocycles. The molecule has 8 nitrogen and oxygen atoms in total. The average Bonchev–Trinajstić information content (AvgIpc) is 3.34. The van der Waals surface area contributed by atoms with Crippen molar-refractivity contribution in [3.05, 3.63) is 59.8 Å². The number of carbonyl (C=O) groups excluding carboxylic acids is 1. The Labute approximate surface area is 187 Å². The van der Waals surface area contributed by atoms with Crippen LogP contribution in [0.4, 0.5) is 13.2 Å². The van der Waals surface area contributed by atoms with Crippen LogP contribution in [0.25, 0.3) is 5.69 Å². The van der Waals surface area contributed by atoms with E-state index < -0.39 is 11.7 Å². The van der Waals surface area contributed by atoms with Gasteiger partial charge in [0, 0.05) is 24.5 Å². The fraction of sp³-hybridized carbons (Fsp3) is 0.409. The van der Waals surface area contributed by atoms with Crippen LogP contribution in [-0.4, -0.2) is 55.0 Å². The molecule has 1 aliphatic heterocycles. The first-order valence-electron chi connectivity index (χ1n) is 10.6. The number of aryl methyl sites for hydroxylation is 1. The van der Waals surface area contributed by atoms with E-state index in [4.69, 9.17) is 4.74 Å². The Kier molecular flexibility index (Phi) is 5.26. The molecule has 1 saturated heterocycles. The molecule has 1 aliphatic carbocycles. The molecular formula is C22H21F3N6O2. The molecule has 1 amide bonds. The minimum atomic E-state index is -4.48. The van der Waals surface area contributed by atoms with Crippen LogP contribution in [0.1, 0.15) is 34.6 Å². The molecule has 2 aliphatic rings. The lowest BCUT2D eigenvalue weighted by molar-refractivity contribution is -0.137. The van der Waals surface area contributed by atoms with Crippen molar-refractivity contribution < 1.29 is 22.7 Å². The molecule has 0 bridgehead atoms. The smallest absolute Gasteiger partial charge is 0.416 e. The van der Waals surface area contributed by atoms with Crippen LogP contribution in [0.5, 0.6) is 5.88 Å². The second kappa shape index (κ2) is 8.13. The number of ether oxygens (including phenoxy) is 1. The van der Waals surface area contributed by atoms with Gasteiger partial charge in [0.25, 0.3) is 5.91 Å². The van der Waals surface area contributed by atoms with E-state index in [9.17, 15) is 18.0 Å². The third kappa shape index (κ3) is 4.39. The monoisotopic (exact) mass is 458 g/mol. The van der Waals surface area contributed by atoms with Gasteiger partial charge in [-0.25, -0.2) is 9.97 Å². The maximum atomic E-state index is 13.6. The largest absolute Gasteiger partial charge is 0.475 e. The maximum Gasteiger partial charge on any atom is 0.416 e. The van der Waals surface area contributed by atoms with E-state index in [2.05, 4.69) is 20.2 Å². The van der Waals surface area contributed by atoms with Crippen LogP contribution >= 0.6 is 0 Å². The number of fused-ring (bicyclic) bond motifs is 1. The molecular weight excluding hydrogens is 437 g/mol. The Morgan fingerprint density at radius 3 is 2.67 bits per heavy atom. The van der Waals surface area contributed by atoms with E-state index in [1.54, 1.807) is 24.0 Å². The Hall–Kier alpha value is -3.50. The van der Waals surface area contributed by atoms with Crippen molar-refractivity contribution in [3.8, 4) is 11.6 Å². The summed E-state index contributed by atoms with van der Waals surface area (Å²) in [6, 6.07) is 4.99. The quantitative estimate of drug-likeness (QED) is 0.583. The van der Waals surface area contributed by atoms with Crippen molar-refractivity contribution in [2.45, 2.75) is 32.0 Å². The molecule has 0 spiro atoms. The molecule has 172 valence electrons. The number of pyridine rings is 2. The van der Waals surface area contributed by atoms with E-state index in [1.165, 1.54) is 17.2 Å². The van der Waals surface area contributed by atoms with E-state index in [1.807, 2.05) is 0 Å². The molecule has 5 rings (SSSR count). The SMILES string of the molecule is Cc1ccc(-n2nccn2)c(C(=O)N2C[C@@H]3C[C@@H]3C[C@H]2COc2cc(C(F)(F)F)ccn2)n1. The molecule has 3 aromatic rings. The van der Waals surface area contributed by atoms with Gasteiger partial charge in [-0.15, -0.1) is 4.80 Å². The van der Waals surface area contributed by atoms with Gasteiger partial charge in [0.1, 0.15) is 12.3 Å². The van der Waals surface area contributed by atoms with Gasteiger partial charge < -0.3 is 9.64 Å². The molecule has 4 heterocycles. The van der Waals surface area contributed by atoms with E-state index >= 15 is 0 Å². The van der Waals surface area contributed by atoms with Crippen molar-refractivity contribution >= 4 is 5.91 Å². The van der Waals surface area contributed by atoms with Crippen molar-refractivity contribution in [3.63, 3.8) is 0 Å². The van der Waals surface area contributed by atoms with Gasteiger partial charge in [-0.1, -0.05) is 0 Å². The number of hydrogen-bond acceptors (Lipinski definition) is 6. The normalized spacial score (nSPS) is 22.1. The number of hydrogen-bond donors (Lipinski definition) is 0. The topological polar surface area (TPSA) is 86.0 Å². The van der Waals surface area contributed by atoms with E-state index in [-0.39, 0.29) is 30.1 Å². The van der Waals surface area contributed by atoms with Gasteiger partial charge in [-0.05, 0) is 49.8 Å². The van der Waals surface area contributed by atoms with Gasteiger partial charge in [-0.3, -0.25) is 4.79 Å². The standard InChI is InChI=1S/C22H21F3N6O2/c1-13-2-3-18(31-27-6-7-28-31)20(29-13)21(32)30-11-15-8-14(15)9-17(30)12-33-19-10-16(4-5-26-19)22(23,24)25/h2-7,10,14-15,17H,8-9,11-12H2,1H3/t14-,15+,17+/m1/s1. The number of carbonyl (C=O) groups is 1. The van der Waals surface area contributed by atoms with Gasteiger partial charge >= 0.3 is 6.18 Å². The number of likely N-dealkylation sites (tertiary alicyclic amines) is 1. The summed E-state index contributed by atoms with van der Waals surface area (Å²) in [6.07, 6.45) is 1.36. The molecule has 33 heavy (non-hydrogen) atoms. The predicted octanol–water partition coefficient (Wildman–Crippen LogP) is 3.31. The molecule has 0 radical (unpaired) electrons. The third-order valence-electron chi connectivity index (χ3n) is 6.11. The van der Waals surface area contributed by atoms with Crippen LogP contribution in [0.15, 0.2) is 42.9 Å². The minimum Gasteiger partial charge on any atom is -0.475 e. The van der Waals surface area contributed by atoms with Crippen molar-refractivity contribution in [2.24, 2.45) is 11.8 Å². The Bertz CT molecular complexity index is 1170. The van der Waals surface area contributed by atoms with Crippen LogP contribution in [0, 0.1) is 18.8 Å². The first kappa shape index (κ1) is 21.4. The molecule has 3 atom stereocenters. The second-order valence-electron chi connectivity index (χ2n) is 8.43. The Morgan fingerprint density at radius 1 is 1.12 bits per heavy atom. The summed E-state index contributed by atoms with van der Waals surface area (Å²) in [6.45, 7) is 2.39. The molecule has 0 N–H and O–H groups in total. The van der Waals surface area contributed by atoms with Crippen LogP contribution in [0.3, 0.4) is 0 Å². The summed E-state index contributed by atoms with van der Waals surface area (Å²) in [5.41, 5.74) is 0.545. The highest BCUT2D eigenvalue weighted by Crippen LogP contribution is 2.47. The van der Waals surface area contributed by atoms with Crippen molar-refractivity contribution in [1.82, 2.24) is 29.9 Å². The zero-order valence-corrected chi connectivity index (χ0v) is 17.7. The lowest BCUT2D eigenvalue weighted by Gasteiger charge is -2.35. The second-order valence-corrected chi connectivity index (χ2v) is 8.43. The fourth-order valence-corrected chi connectivity index (χ4v) is 4.30. The highest BCUT2D eigenvalue weighted by molar-refractivity contribution is 5.96. The number of aromatic nitrogens is 5. The van der Waals surface area contributed by atoms with Crippen LogP contribution in [-0.2, 0) is 6.18 Å². The maximum absolute atomic E-state index is 13.6. The number of rotatable bonds is 5. The first-order chi connectivity index (χ1) is 15.8. The molecule has 3 aromatic heterocycles. The summed E-state index contributed by atoms with van der Waals surface area (Å²) in [5.74, 6) is 0.523. The molecule has 0 unspecified atom stereocenters. The van der Waals surface area contributed by atoms with Crippen molar-refractivity contribution in [1.29, 1.82) is 0 Å². The molecule has 1 saturated carbocycles. The summed E-state index contributed by atoms with van der Waals surface area (Å²) in [7, 11) is 0. The summed E-state index contributed by atoms with van der Waals surface area (Å²) >= 11 is 0.